The number of carbonyl (C=O) groups is 2. The van der Waals surface area contributed by atoms with Crippen molar-refractivity contribution in [2.24, 2.45) is 0 Å². The number of hydrogen-bond donors (Lipinski definition) is 3. The molecule has 1 aliphatic heterocycles. The maximum atomic E-state index is 12.0. The molecule has 0 fully saturated rings. The first-order valence-corrected chi connectivity index (χ1v) is 9.13. The molecule has 1 aliphatic rings. The molecule has 0 saturated carbocycles. The average Bonchev–Trinajstić information content (AvgIpc) is 3.30. The van der Waals surface area contributed by atoms with E-state index in [0.29, 0.717) is 6.54 Å². The highest BCUT2D eigenvalue weighted by atomic mass is 32.1. The first-order valence-electron chi connectivity index (χ1n) is 8.25. The Kier molecular flexibility index (Phi) is 5.67. The lowest BCUT2D eigenvalue weighted by Gasteiger charge is -2.30. The van der Waals surface area contributed by atoms with Crippen LogP contribution in [-0.4, -0.2) is 43.2 Å². The van der Waals surface area contributed by atoms with Crippen LogP contribution >= 0.6 is 11.3 Å². The number of rotatable bonds is 6. The third kappa shape index (κ3) is 4.00. The zero-order chi connectivity index (χ0) is 17.6. The van der Waals surface area contributed by atoms with E-state index in [1.54, 1.807) is 11.3 Å². The molecule has 25 heavy (non-hydrogen) atoms. The highest BCUT2D eigenvalue weighted by Crippen LogP contribution is 2.36. The highest BCUT2D eigenvalue weighted by molar-refractivity contribution is 7.10. The van der Waals surface area contributed by atoms with Crippen molar-refractivity contribution in [3.63, 3.8) is 0 Å². The molecule has 0 radical (unpaired) electrons. The molecule has 1 unspecified atom stereocenters. The molecule has 0 bridgehead atoms. The number of nitrogens with zero attached hydrogens (tertiary/aromatic N) is 1. The zero-order valence-corrected chi connectivity index (χ0v) is 14.6. The maximum Gasteiger partial charge on any atom is 0.309 e. The number of para-hydroxylation sites is 1. The first kappa shape index (κ1) is 17.4. The molecular weight excluding hydrogens is 338 g/mol. The van der Waals surface area contributed by atoms with Gasteiger partial charge in [0.15, 0.2) is 0 Å². The van der Waals surface area contributed by atoms with E-state index >= 15 is 0 Å². The van der Waals surface area contributed by atoms with Gasteiger partial charge in [0, 0.05) is 30.2 Å². The van der Waals surface area contributed by atoms with Crippen molar-refractivity contribution in [2.45, 2.75) is 12.5 Å². The minimum Gasteiger partial charge on any atom is -0.395 e. The van der Waals surface area contributed by atoms with Gasteiger partial charge in [-0.25, -0.2) is 0 Å². The van der Waals surface area contributed by atoms with E-state index in [4.69, 9.17) is 5.11 Å². The van der Waals surface area contributed by atoms with Crippen LogP contribution in [0, 0.1) is 0 Å². The number of carbonyl (C=O) groups excluding carboxylic acids is 2. The van der Waals surface area contributed by atoms with Crippen LogP contribution in [0.1, 0.15) is 16.5 Å². The Morgan fingerprint density at radius 3 is 2.72 bits per heavy atom. The fraction of sp³-hybridized carbons (Fsp3) is 0.333. The van der Waals surface area contributed by atoms with Crippen molar-refractivity contribution < 1.29 is 14.7 Å². The van der Waals surface area contributed by atoms with Crippen LogP contribution in [0.25, 0.3) is 0 Å². The minimum absolute atomic E-state index is 0.0155. The van der Waals surface area contributed by atoms with E-state index in [2.05, 4.69) is 27.7 Å². The lowest BCUT2D eigenvalue weighted by atomic mass is 10.1. The normalized spacial score (nSPS) is 14.0. The van der Waals surface area contributed by atoms with E-state index in [-0.39, 0.29) is 19.2 Å². The molecule has 132 valence electrons. The summed E-state index contributed by atoms with van der Waals surface area (Å²) >= 11 is 1.64. The van der Waals surface area contributed by atoms with Crippen molar-refractivity contribution in [3.05, 3.63) is 52.2 Å². The summed E-state index contributed by atoms with van der Waals surface area (Å²) in [5, 5.41) is 15.8. The van der Waals surface area contributed by atoms with Crippen molar-refractivity contribution in [1.29, 1.82) is 0 Å². The van der Waals surface area contributed by atoms with Crippen LogP contribution in [-0.2, 0) is 16.0 Å². The molecule has 1 atom stereocenters. The van der Waals surface area contributed by atoms with Gasteiger partial charge in [-0.05, 0) is 29.5 Å². The number of nitrogens with one attached hydrogen (secondary N) is 2. The van der Waals surface area contributed by atoms with Crippen LogP contribution in [0.15, 0.2) is 41.8 Å². The average molecular weight is 359 g/mol. The van der Waals surface area contributed by atoms with E-state index in [9.17, 15) is 9.59 Å². The maximum absolute atomic E-state index is 12.0. The monoisotopic (exact) mass is 359 g/mol. The van der Waals surface area contributed by atoms with Crippen molar-refractivity contribution in [2.75, 3.05) is 31.1 Å². The topological polar surface area (TPSA) is 81.7 Å². The smallest absolute Gasteiger partial charge is 0.309 e. The predicted octanol–water partition coefficient (Wildman–Crippen LogP) is 1.08. The van der Waals surface area contributed by atoms with Crippen molar-refractivity contribution in [1.82, 2.24) is 10.6 Å². The van der Waals surface area contributed by atoms with Crippen LogP contribution in [0.4, 0.5) is 5.69 Å². The molecule has 6 nitrogen and oxygen atoms in total. The van der Waals surface area contributed by atoms with Gasteiger partial charge >= 0.3 is 11.8 Å². The molecule has 3 N–H and O–H groups in total. The van der Waals surface area contributed by atoms with Gasteiger partial charge < -0.3 is 20.6 Å². The molecule has 7 heteroatoms. The number of thiophene rings is 1. The van der Waals surface area contributed by atoms with Crippen LogP contribution in [0.2, 0.25) is 0 Å². The molecule has 0 spiro atoms. The number of anilines is 1. The molecule has 0 aliphatic carbocycles. The van der Waals surface area contributed by atoms with Gasteiger partial charge in [-0.2, -0.15) is 0 Å². The summed E-state index contributed by atoms with van der Waals surface area (Å²) in [5.41, 5.74) is 2.48. The Morgan fingerprint density at radius 1 is 1.16 bits per heavy atom. The quantitative estimate of drug-likeness (QED) is 0.674. The Hall–Kier alpha value is -2.38. The van der Waals surface area contributed by atoms with Gasteiger partial charge in [0.2, 0.25) is 0 Å². The van der Waals surface area contributed by atoms with Crippen molar-refractivity contribution in [3.8, 4) is 0 Å². The molecule has 1 aromatic heterocycles. The van der Waals surface area contributed by atoms with Gasteiger partial charge in [0.1, 0.15) is 0 Å². The molecule has 2 aromatic rings. The van der Waals surface area contributed by atoms with E-state index < -0.39 is 11.8 Å². The number of aliphatic hydroxyl groups is 1. The van der Waals surface area contributed by atoms with Crippen LogP contribution in [0.3, 0.4) is 0 Å². The summed E-state index contributed by atoms with van der Waals surface area (Å²) in [6, 6.07) is 12.3. The number of fused-ring (bicyclic) bond motifs is 1. The summed E-state index contributed by atoms with van der Waals surface area (Å²) in [6.07, 6.45) is 0.975. The molecule has 2 amide bonds. The lowest BCUT2D eigenvalue weighted by molar-refractivity contribution is -0.139. The summed E-state index contributed by atoms with van der Waals surface area (Å²) in [6.45, 7) is 1.11. The first-order chi connectivity index (χ1) is 12.2. The summed E-state index contributed by atoms with van der Waals surface area (Å²) < 4.78 is 0. The third-order valence-electron chi connectivity index (χ3n) is 4.23. The Balaban J connectivity index is 1.72. The molecule has 0 saturated heterocycles. The van der Waals surface area contributed by atoms with Gasteiger partial charge in [-0.1, -0.05) is 24.3 Å². The Labute approximate surface area is 150 Å². The summed E-state index contributed by atoms with van der Waals surface area (Å²) in [4.78, 5) is 27.1. The summed E-state index contributed by atoms with van der Waals surface area (Å²) in [5.74, 6) is -1.40. The second-order valence-corrected chi connectivity index (χ2v) is 6.77. The Morgan fingerprint density at radius 2 is 1.96 bits per heavy atom. The third-order valence-corrected chi connectivity index (χ3v) is 5.20. The second kappa shape index (κ2) is 8.13. The van der Waals surface area contributed by atoms with Gasteiger partial charge in [0.25, 0.3) is 0 Å². The van der Waals surface area contributed by atoms with E-state index in [1.807, 2.05) is 29.6 Å². The van der Waals surface area contributed by atoms with Crippen molar-refractivity contribution >= 4 is 28.8 Å². The molecular formula is C18H21N3O3S. The van der Waals surface area contributed by atoms with Crippen LogP contribution in [0.5, 0.6) is 0 Å². The second-order valence-electron chi connectivity index (χ2n) is 5.79. The Bertz CT molecular complexity index is 733. The highest BCUT2D eigenvalue weighted by Gasteiger charge is 2.28. The van der Waals surface area contributed by atoms with Gasteiger partial charge in [-0.15, -0.1) is 11.3 Å². The lowest BCUT2D eigenvalue weighted by Crippen LogP contribution is -2.44. The number of hydrogen-bond acceptors (Lipinski definition) is 5. The number of aliphatic hydroxyl groups excluding tert-OH is 1. The van der Waals surface area contributed by atoms with E-state index in [0.717, 1.165) is 17.8 Å². The fourth-order valence-corrected chi connectivity index (χ4v) is 3.89. The fourth-order valence-electron chi connectivity index (χ4n) is 3.05. The van der Waals surface area contributed by atoms with Crippen LogP contribution < -0.4 is 15.5 Å². The summed E-state index contributed by atoms with van der Waals surface area (Å²) in [7, 11) is 0. The minimum atomic E-state index is -0.721. The predicted molar refractivity (Wildman–Crippen MR) is 97.7 cm³/mol. The molecule has 2 heterocycles. The largest absolute Gasteiger partial charge is 0.395 e. The van der Waals surface area contributed by atoms with Gasteiger partial charge in [-0.3, -0.25) is 9.59 Å². The number of benzene rings is 1. The zero-order valence-electron chi connectivity index (χ0n) is 13.8. The molecule has 1 aromatic carbocycles. The molecule has 3 rings (SSSR count). The van der Waals surface area contributed by atoms with E-state index in [1.165, 1.54) is 11.3 Å². The number of amides is 2. The van der Waals surface area contributed by atoms with Gasteiger partial charge in [0.05, 0.1) is 12.6 Å². The SMILES string of the molecule is O=C(NCCO)C(=O)NCC(c1cccs1)N1CCc2ccccc21. The standard InChI is InChI=1S/C18H21N3O3S/c22-10-8-19-17(23)18(24)20-12-15(16-6-3-11-25-16)21-9-7-13-4-1-2-5-14(13)21/h1-6,11,15,22H,7-10,12H2,(H,19,23)(H,20,24).